The SMILES string of the molecule is CCc1cccc(C)c1NC(=O)[C@H](C)Oc1cccc(C)c1. The number of hydrogen-bond acceptors (Lipinski definition) is 2. The first-order chi connectivity index (χ1) is 10.5. The van der Waals surface area contributed by atoms with Gasteiger partial charge < -0.3 is 10.1 Å². The zero-order chi connectivity index (χ0) is 16.1. The standard InChI is InChI=1S/C19H23NO2/c1-5-16-10-7-9-14(3)18(16)20-19(21)15(4)22-17-11-6-8-13(2)12-17/h6-12,15H,5H2,1-4H3,(H,20,21)/t15-/m0/s1. The summed E-state index contributed by atoms with van der Waals surface area (Å²) >= 11 is 0. The van der Waals surface area contributed by atoms with Crippen molar-refractivity contribution in [3.05, 3.63) is 59.2 Å². The van der Waals surface area contributed by atoms with E-state index in [0.717, 1.165) is 28.8 Å². The lowest BCUT2D eigenvalue weighted by Gasteiger charge is -2.18. The van der Waals surface area contributed by atoms with E-state index in [1.807, 2.05) is 56.3 Å². The van der Waals surface area contributed by atoms with E-state index in [9.17, 15) is 4.79 Å². The predicted octanol–water partition coefficient (Wildman–Crippen LogP) is 4.27. The molecule has 0 fully saturated rings. The Morgan fingerprint density at radius 2 is 1.91 bits per heavy atom. The Morgan fingerprint density at radius 1 is 1.18 bits per heavy atom. The Morgan fingerprint density at radius 3 is 2.59 bits per heavy atom. The van der Waals surface area contributed by atoms with Crippen molar-refractivity contribution in [1.82, 2.24) is 0 Å². The minimum atomic E-state index is -0.550. The number of anilines is 1. The van der Waals surface area contributed by atoms with Crippen LogP contribution in [0.5, 0.6) is 5.75 Å². The summed E-state index contributed by atoms with van der Waals surface area (Å²) in [6, 6.07) is 13.8. The summed E-state index contributed by atoms with van der Waals surface area (Å²) in [5.41, 5.74) is 4.21. The first-order valence-corrected chi connectivity index (χ1v) is 7.64. The third-order valence-electron chi connectivity index (χ3n) is 3.66. The Kier molecular flexibility index (Phi) is 5.21. The van der Waals surface area contributed by atoms with Crippen molar-refractivity contribution in [1.29, 1.82) is 0 Å². The smallest absolute Gasteiger partial charge is 0.265 e. The average Bonchev–Trinajstić information content (AvgIpc) is 2.49. The molecule has 3 nitrogen and oxygen atoms in total. The average molecular weight is 297 g/mol. The fourth-order valence-electron chi connectivity index (χ4n) is 2.37. The Labute approximate surface area is 132 Å². The van der Waals surface area contributed by atoms with E-state index < -0.39 is 6.10 Å². The monoisotopic (exact) mass is 297 g/mol. The second-order valence-corrected chi connectivity index (χ2v) is 5.53. The molecule has 2 aromatic rings. The van der Waals surface area contributed by atoms with Crippen LogP contribution < -0.4 is 10.1 Å². The Balaban J connectivity index is 2.09. The van der Waals surface area contributed by atoms with Crippen molar-refractivity contribution in [2.45, 2.75) is 40.2 Å². The van der Waals surface area contributed by atoms with E-state index in [-0.39, 0.29) is 5.91 Å². The molecular weight excluding hydrogens is 274 g/mol. The van der Waals surface area contributed by atoms with Gasteiger partial charge in [-0.25, -0.2) is 0 Å². The largest absolute Gasteiger partial charge is 0.481 e. The number of hydrogen-bond donors (Lipinski definition) is 1. The number of rotatable bonds is 5. The van der Waals surface area contributed by atoms with Crippen LogP contribution in [0.2, 0.25) is 0 Å². The molecular formula is C19H23NO2. The molecule has 1 N–H and O–H groups in total. The molecule has 0 radical (unpaired) electrons. The molecule has 0 aromatic heterocycles. The van der Waals surface area contributed by atoms with Gasteiger partial charge >= 0.3 is 0 Å². The number of ether oxygens (including phenoxy) is 1. The number of benzene rings is 2. The van der Waals surface area contributed by atoms with Gasteiger partial charge in [-0.2, -0.15) is 0 Å². The normalized spacial score (nSPS) is 11.8. The fraction of sp³-hybridized carbons (Fsp3) is 0.316. The van der Waals surface area contributed by atoms with E-state index in [1.54, 1.807) is 6.92 Å². The van der Waals surface area contributed by atoms with Gasteiger partial charge in [0.25, 0.3) is 5.91 Å². The molecule has 0 aliphatic rings. The van der Waals surface area contributed by atoms with Crippen molar-refractivity contribution < 1.29 is 9.53 Å². The van der Waals surface area contributed by atoms with Gasteiger partial charge in [-0.3, -0.25) is 4.79 Å². The molecule has 0 saturated heterocycles. The van der Waals surface area contributed by atoms with Gasteiger partial charge in [0.2, 0.25) is 0 Å². The molecule has 0 aliphatic carbocycles. The van der Waals surface area contributed by atoms with Crippen molar-refractivity contribution in [3.8, 4) is 5.75 Å². The van der Waals surface area contributed by atoms with Crippen LogP contribution in [0.15, 0.2) is 42.5 Å². The fourth-order valence-corrected chi connectivity index (χ4v) is 2.37. The van der Waals surface area contributed by atoms with Crippen molar-refractivity contribution in [2.24, 2.45) is 0 Å². The van der Waals surface area contributed by atoms with Gasteiger partial charge in [0.1, 0.15) is 5.75 Å². The number of aryl methyl sites for hydroxylation is 3. The number of nitrogens with one attached hydrogen (secondary N) is 1. The molecule has 3 heteroatoms. The third kappa shape index (κ3) is 3.88. The van der Waals surface area contributed by atoms with Crippen LogP contribution in [0, 0.1) is 13.8 Å². The van der Waals surface area contributed by atoms with Crippen LogP contribution in [-0.2, 0) is 11.2 Å². The van der Waals surface area contributed by atoms with Crippen LogP contribution in [0.3, 0.4) is 0 Å². The number of carbonyl (C=O) groups is 1. The molecule has 1 atom stereocenters. The van der Waals surface area contributed by atoms with Gasteiger partial charge in [-0.05, 0) is 56.0 Å². The van der Waals surface area contributed by atoms with Crippen molar-refractivity contribution in [2.75, 3.05) is 5.32 Å². The quantitative estimate of drug-likeness (QED) is 0.895. The topological polar surface area (TPSA) is 38.3 Å². The van der Waals surface area contributed by atoms with Crippen LogP contribution in [-0.4, -0.2) is 12.0 Å². The molecule has 0 bridgehead atoms. The second kappa shape index (κ2) is 7.12. The summed E-state index contributed by atoms with van der Waals surface area (Å²) in [5, 5.41) is 3.00. The molecule has 22 heavy (non-hydrogen) atoms. The van der Waals surface area contributed by atoms with E-state index in [1.165, 1.54) is 0 Å². The van der Waals surface area contributed by atoms with Gasteiger partial charge in [-0.15, -0.1) is 0 Å². The van der Waals surface area contributed by atoms with Crippen LogP contribution in [0.1, 0.15) is 30.5 Å². The highest BCUT2D eigenvalue weighted by molar-refractivity contribution is 5.95. The summed E-state index contributed by atoms with van der Waals surface area (Å²) in [6.07, 6.45) is 0.329. The lowest BCUT2D eigenvalue weighted by atomic mass is 10.1. The molecule has 2 aromatic carbocycles. The van der Waals surface area contributed by atoms with Crippen LogP contribution in [0.25, 0.3) is 0 Å². The summed E-state index contributed by atoms with van der Waals surface area (Å²) in [7, 11) is 0. The molecule has 0 spiro atoms. The number of para-hydroxylation sites is 1. The van der Waals surface area contributed by atoms with Crippen molar-refractivity contribution in [3.63, 3.8) is 0 Å². The maximum Gasteiger partial charge on any atom is 0.265 e. The molecule has 2 rings (SSSR count). The summed E-state index contributed by atoms with van der Waals surface area (Å²) in [5.74, 6) is 0.577. The summed E-state index contributed by atoms with van der Waals surface area (Å²) in [4.78, 5) is 12.4. The lowest BCUT2D eigenvalue weighted by molar-refractivity contribution is -0.122. The third-order valence-corrected chi connectivity index (χ3v) is 3.66. The Hall–Kier alpha value is -2.29. The molecule has 116 valence electrons. The maximum atomic E-state index is 12.4. The van der Waals surface area contributed by atoms with Crippen molar-refractivity contribution >= 4 is 11.6 Å². The van der Waals surface area contributed by atoms with Crippen LogP contribution in [0.4, 0.5) is 5.69 Å². The van der Waals surface area contributed by atoms with Gasteiger partial charge in [-0.1, -0.05) is 37.3 Å². The zero-order valence-electron chi connectivity index (χ0n) is 13.6. The first kappa shape index (κ1) is 16.1. The first-order valence-electron chi connectivity index (χ1n) is 7.64. The molecule has 0 heterocycles. The lowest BCUT2D eigenvalue weighted by Crippen LogP contribution is -2.30. The Bertz CT molecular complexity index is 664. The number of carbonyl (C=O) groups excluding carboxylic acids is 1. The predicted molar refractivity (Wildman–Crippen MR) is 90.5 cm³/mol. The van der Waals surface area contributed by atoms with Gasteiger partial charge in [0, 0.05) is 5.69 Å². The second-order valence-electron chi connectivity index (χ2n) is 5.53. The molecule has 1 amide bonds. The maximum absolute atomic E-state index is 12.4. The minimum absolute atomic E-state index is 0.134. The van der Waals surface area contributed by atoms with E-state index >= 15 is 0 Å². The highest BCUT2D eigenvalue weighted by Gasteiger charge is 2.17. The molecule has 0 saturated carbocycles. The number of amides is 1. The molecule has 0 aliphatic heterocycles. The van der Waals surface area contributed by atoms with E-state index in [2.05, 4.69) is 12.2 Å². The van der Waals surface area contributed by atoms with E-state index in [0.29, 0.717) is 5.75 Å². The van der Waals surface area contributed by atoms with Gasteiger partial charge in [0.05, 0.1) is 0 Å². The molecule has 0 unspecified atom stereocenters. The summed E-state index contributed by atoms with van der Waals surface area (Å²) < 4.78 is 5.73. The van der Waals surface area contributed by atoms with Crippen LogP contribution >= 0.6 is 0 Å². The zero-order valence-corrected chi connectivity index (χ0v) is 13.6. The minimum Gasteiger partial charge on any atom is -0.481 e. The summed E-state index contributed by atoms with van der Waals surface area (Å²) in [6.45, 7) is 7.85. The highest BCUT2D eigenvalue weighted by atomic mass is 16.5. The highest BCUT2D eigenvalue weighted by Crippen LogP contribution is 2.22. The van der Waals surface area contributed by atoms with Gasteiger partial charge in [0.15, 0.2) is 6.10 Å². The van der Waals surface area contributed by atoms with E-state index in [4.69, 9.17) is 4.74 Å².